The Morgan fingerprint density at radius 1 is 1.14 bits per heavy atom. The lowest BCUT2D eigenvalue weighted by molar-refractivity contribution is -0.187. The molecular weight excluding hydrogens is 310 g/mol. The van der Waals surface area contributed by atoms with E-state index in [4.69, 9.17) is 0 Å². The molecule has 1 aliphatic rings. The highest BCUT2D eigenvalue weighted by Crippen LogP contribution is 2.22. The van der Waals surface area contributed by atoms with Crippen molar-refractivity contribution in [2.45, 2.75) is 18.8 Å². The van der Waals surface area contributed by atoms with Crippen molar-refractivity contribution in [2.75, 3.05) is 19.6 Å². The van der Waals surface area contributed by atoms with Crippen molar-refractivity contribution in [3.05, 3.63) is 0 Å². The molecule has 1 fully saturated rings. The summed E-state index contributed by atoms with van der Waals surface area (Å²) in [5, 5.41) is 1.49. The molecular formula is C10H10F6N2O3. The van der Waals surface area contributed by atoms with Gasteiger partial charge < -0.3 is 10.2 Å². The predicted molar refractivity (Wildman–Crippen MR) is 54.8 cm³/mol. The van der Waals surface area contributed by atoms with Gasteiger partial charge in [0, 0.05) is 19.0 Å². The SMILES string of the molecule is O=C1CN(C(=O)C(F)(F)F)CCC1CNC(=O)C(F)(F)F. The van der Waals surface area contributed by atoms with Gasteiger partial charge in [-0.1, -0.05) is 0 Å². The quantitative estimate of drug-likeness (QED) is 0.760. The average molecular weight is 320 g/mol. The standard InChI is InChI=1S/C10H10F6N2O3/c11-9(12,13)7(20)17-3-5-1-2-18(4-6(5)19)8(21)10(14,15)16/h5H,1-4H2,(H,17,20). The second-order valence-electron chi connectivity index (χ2n) is 4.38. The molecule has 2 amide bonds. The summed E-state index contributed by atoms with van der Waals surface area (Å²) in [7, 11) is 0. The molecule has 1 heterocycles. The van der Waals surface area contributed by atoms with Crippen molar-refractivity contribution in [1.29, 1.82) is 0 Å². The van der Waals surface area contributed by atoms with Crippen LogP contribution < -0.4 is 5.32 Å². The second-order valence-corrected chi connectivity index (χ2v) is 4.38. The molecule has 0 spiro atoms. The van der Waals surface area contributed by atoms with E-state index in [0.29, 0.717) is 0 Å². The number of ketones is 1. The van der Waals surface area contributed by atoms with Crippen LogP contribution in [0.2, 0.25) is 0 Å². The molecule has 0 bridgehead atoms. The minimum Gasteiger partial charge on any atom is -0.348 e. The molecule has 1 aliphatic heterocycles. The molecule has 0 saturated carbocycles. The predicted octanol–water partition coefficient (Wildman–Crippen LogP) is 0.645. The van der Waals surface area contributed by atoms with Crippen molar-refractivity contribution in [3.63, 3.8) is 0 Å². The highest BCUT2D eigenvalue weighted by atomic mass is 19.4. The minimum atomic E-state index is -5.11. The van der Waals surface area contributed by atoms with Crippen molar-refractivity contribution in [3.8, 4) is 0 Å². The maximum atomic E-state index is 12.2. The number of likely N-dealkylation sites (tertiary alicyclic amines) is 1. The number of Topliss-reactive ketones (excluding diaryl/α,β-unsaturated/α-hetero) is 1. The molecule has 21 heavy (non-hydrogen) atoms. The molecule has 1 rings (SSSR count). The Hall–Kier alpha value is -1.81. The fourth-order valence-electron chi connectivity index (χ4n) is 1.75. The Kier molecular flexibility index (Phi) is 4.84. The van der Waals surface area contributed by atoms with Crippen LogP contribution in [0.3, 0.4) is 0 Å². The maximum absolute atomic E-state index is 12.2. The van der Waals surface area contributed by atoms with Gasteiger partial charge in [-0.2, -0.15) is 26.3 Å². The number of carbonyl (C=O) groups excluding carboxylic acids is 3. The van der Waals surface area contributed by atoms with Gasteiger partial charge in [0.2, 0.25) is 0 Å². The highest BCUT2D eigenvalue weighted by molar-refractivity contribution is 5.91. The molecule has 0 aromatic carbocycles. The maximum Gasteiger partial charge on any atom is 0.471 e. The monoisotopic (exact) mass is 320 g/mol. The third kappa shape index (κ3) is 4.60. The van der Waals surface area contributed by atoms with E-state index >= 15 is 0 Å². The zero-order valence-corrected chi connectivity index (χ0v) is 10.3. The lowest BCUT2D eigenvalue weighted by atomic mass is 9.95. The van der Waals surface area contributed by atoms with E-state index in [1.807, 2.05) is 0 Å². The number of alkyl halides is 6. The molecule has 1 saturated heterocycles. The molecule has 0 aliphatic carbocycles. The lowest BCUT2D eigenvalue weighted by Crippen LogP contribution is -2.51. The summed E-state index contributed by atoms with van der Waals surface area (Å²) < 4.78 is 72.2. The fourth-order valence-corrected chi connectivity index (χ4v) is 1.75. The van der Waals surface area contributed by atoms with E-state index in [9.17, 15) is 40.7 Å². The van der Waals surface area contributed by atoms with E-state index < -0.39 is 55.5 Å². The first-order chi connectivity index (χ1) is 9.43. The van der Waals surface area contributed by atoms with Gasteiger partial charge in [0.25, 0.3) is 0 Å². The molecule has 0 radical (unpaired) electrons. The van der Waals surface area contributed by atoms with Crippen LogP contribution in [-0.4, -0.2) is 54.5 Å². The number of piperidine rings is 1. The Balaban J connectivity index is 2.53. The summed E-state index contributed by atoms with van der Waals surface area (Å²) in [6, 6.07) is 0. The van der Waals surface area contributed by atoms with Crippen LogP contribution in [0.5, 0.6) is 0 Å². The van der Waals surface area contributed by atoms with Crippen LogP contribution in [0, 0.1) is 5.92 Å². The van der Waals surface area contributed by atoms with Gasteiger partial charge in [-0.15, -0.1) is 0 Å². The number of halogens is 6. The average Bonchev–Trinajstić information content (AvgIpc) is 2.33. The van der Waals surface area contributed by atoms with Crippen LogP contribution in [0.4, 0.5) is 26.3 Å². The van der Waals surface area contributed by atoms with Crippen molar-refractivity contribution >= 4 is 17.6 Å². The number of hydrogen-bond donors (Lipinski definition) is 1. The number of carbonyl (C=O) groups is 3. The number of nitrogens with one attached hydrogen (secondary N) is 1. The third-order valence-corrected chi connectivity index (χ3v) is 2.85. The zero-order chi connectivity index (χ0) is 16.4. The van der Waals surface area contributed by atoms with Gasteiger partial charge in [-0.25, -0.2) is 0 Å². The minimum absolute atomic E-state index is 0.251. The van der Waals surface area contributed by atoms with E-state index in [1.165, 1.54) is 5.32 Å². The summed E-state index contributed by atoms with van der Waals surface area (Å²) in [6.45, 7) is -1.90. The first kappa shape index (κ1) is 17.2. The van der Waals surface area contributed by atoms with E-state index in [1.54, 1.807) is 0 Å². The Labute approximate surface area is 114 Å². The topological polar surface area (TPSA) is 66.5 Å². The van der Waals surface area contributed by atoms with Crippen LogP contribution in [-0.2, 0) is 14.4 Å². The van der Waals surface area contributed by atoms with Gasteiger partial charge in [-0.3, -0.25) is 14.4 Å². The first-order valence-corrected chi connectivity index (χ1v) is 5.66. The van der Waals surface area contributed by atoms with Gasteiger partial charge in [-0.05, 0) is 6.42 Å². The van der Waals surface area contributed by atoms with Crippen molar-refractivity contribution < 1.29 is 40.7 Å². The zero-order valence-electron chi connectivity index (χ0n) is 10.3. The smallest absolute Gasteiger partial charge is 0.348 e. The van der Waals surface area contributed by atoms with Gasteiger partial charge in [0.1, 0.15) is 0 Å². The molecule has 11 heteroatoms. The molecule has 1 unspecified atom stereocenters. The molecule has 1 N–H and O–H groups in total. The third-order valence-electron chi connectivity index (χ3n) is 2.85. The number of amides is 2. The summed E-state index contributed by atoms with van der Waals surface area (Å²) in [5.41, 5.74) is 0. The van der Waals surface area contributed by atoms with E-state index in [0.717, 1.165) is 0 Å². The van der Waals surface area contributed by atoms with Gasteiger partial charge in [0.15, 0.2) is 5.78 Å². The fraction of sp³-hybridized carbons (Fsp3) is 0.700. The lowest BCUT2D eigenvalue weighted by Gasteiger charge is -2.31. The van der Waals surface area contributed by atoms with Gasteiger partial charge in [0.05, 0.1) is 6.54 Å². The normalized spacial score (nSPS) is 20.4. The van der Waals surface area contributed by atoms with Crippen LogP contribution in [0.1, 0.15) is 6.42 Å². The number of hydrogen-bond acceptors (Lipinski definition) is 3. The largest absolute Gasteiger partial charge is 0.471 e. The van der Waals surface area contributed by atoms with Crippen LogP contribution >= 0.6 is 0 Å². The first-order valence-electron chi connectivity index (χ1n) is 5.66. The summed E-state index contributed by atoms with van der Waals surface area (Å²) in [6.07, 6.45) is -10.5. The molecule has 1 atom stereocenters. The number of nitrogens with zero attached hydrogens (tertiary/aromatic N) is 1. The summed E-state index contributed by atoms with van der Waals surface area (Å²) >= 11 is 0. The molecule has 0 aromatic rings. The van der Waals surface area contributed by atoms with Crippen molar-refractivity contribution in [2.24, 2.45) is 5.92 Å². The second kappa shape index (κ2) is 5.90. The highest BCUT2D eigenvalue weighted by Gasteiger charge is 2.45. The Morgan fingerprint density at radius 3 is 2.14 bits per heavy atom. The Morgan fingerprint density at radius 2 is 1.71 bits per heavy atom. The molecule has 120 valence electrons. The van der Waals surface area contributed by atoms with E-state index in [2.05, 4.69) is 0 Å². The summed E-state index contributed by atoms with van der Waals surface area (Å²) in [5.74, 6) is -6.28. The van der Waals surface area contributed by atoms with Crippen molar-refractivity contribution in [1.82, 2.24) is 10.2 Å². The molecule has 5 nitrogen and oxygen atoms in total. The Bertz CT molecular complexity index is 445. The van der Waals surface area contributed by atoms with Gasteiger partial charge >= 0.3 is 24.2 Å². The van der Waals surface area contributed by atoms with E-state index in [-0.39, 0.29) is 11.3 Å². The number of rotatable bonds is 2. The van der Waals surface area contributed by atoms with Crippen LogP contribution in [0.15, 0.2) is 0 Å². The van der Waals surface area contributed by atoms with Crippen LogP contribution in [0.25, 0.3) is 0 Å². The summed E-state index contributed by atoms with van der Waals surface area (Å²) in [4.78, 5) is 33.2. The molecule has 0 aromatic heterocycles.